The maximum absolute atomic E-state index is 12.1. The van der Waals surface area contributed by atoms with E-state index < -0.39 is 16.9 Å². The van der Waals surface area contributed by atoms with E-state index >= 15 is 0 Å². The quantitative estimate of drug-likeness (QED) is 0.551. The summed E-state index contributed by atoms with van der Waals surface area (Å²) in [5.74, 6) is -0.469. The molecule has 7 heteroatoms. The Labute approximate surface area is 143 Å². The molecule has 25 heavy (non-hydrogen) atoms. The highest BCUT2D eigenvalue weighted by molar-refractivity contribution is 5.94. The lowest BCUT2D eigenvalue weighted by atomic mass is 10.1. The molecule has 7 nitrogen and oxygen atoms in total. The second-order valence-electron chi connectivity index (χ2n) is 5.78. The number of nitrogens with zero attached hydrogens (tertiary/aromatic N) is 2. The van der Waals surface area contributed by atoms with Gasteiger partial charge in [-0.05, 0) is 35.2 Å². The fourth-order valence-electron chi connectivity index (χ4n) is 2.68. The van der Waals surface area contributed by atoms with Gasteiger partial charge in [0.05, 0.1) is 11.0 Å². The number of carbonyl (C=O) groups is 1. The first-order valence-corrected chi connectivity index (χ1v) is 7.71. The van der Waals surface area contributed by atoms with Gasteiger partial charge in [-0.25, -0.2) is 0 Å². The minimum absolute atomic E-state index is 0.0138. The van der Waals surface area contributed by atoms with E-state index in [-0.39, 0.29) is 17.8 Å². The Balaban J connectivity index is 1.68. The van der Waals surface area contributed by atoms with Crippen LogP contribution >= 0.6 is 0 Å². The fourth-order valence-corrected chi connectivity index (χ4v) is 2.68. The molecule has 0 bridgehead atoms. The first-order chi connectivity index (χ1) is 12.0. The van der Waals surface area contributed by atoms with Gasteiger partial charge in [-0.3, -0.25) is 14.9 Å². The predicted molar refractivity (Wildman–Crippen MR) is 93.3 cm³/mol. The molecule has 0 saturated carbocycles. The zero-order valence-corrected chi connectivity index (χ0v) is 13.5. The van der Waals surface area contributed by atoms with E-state index in [0.717, 1.165) is 10.9 Å². The van der Waals surface area contributed by atoms with Crippen LogP contribution in [-0.2, 0) is 7.05 Å². The Kier molecular flexibility index (Phi) is 4.49. The molecule has 0 aliphatic rings. The molecule has 0 spiro atoms. The molecule has 1 heterocycles. The van der Waals surface area contributed by atoms with Crippen molar-refractivity contribution in [2.75, 3.05) is 6.54 Å². The second kappa shape index (κ2) is 6.74. The first kappa shape index (κ1) is 16.7. The van der Waals surface area contributed by atoms with Crippen LogP contribution in [0.4, 0.5) is 5.69 Å². The molecule has 1 unspecified atom stereocenters. The van der Waals surface area contributed by atoms with Crippen LogP contribution in [0.1, 0.15) is 22.0 Å². The number of benzene rings is 2. The summed E-state index contributed by atoms with van der Waals surface area (Å²) < 4.78 is 1.98. The lowest BCUT2D eigenvalue weighted by Crippen LogP contribution is -2.28. The normalized spacial score (nSPS) is 12.1. The summed E-state index contributed by atoms with van der Waals surface area (Å²) in [6.45, 7) is 0.0138. The molecule has 128 valence electrons. The van der Waals surface area contributed by atoms with Gasteiger partial charge in [-0.2, -0.15) is 0 Å². The van der Waals surface area contributed by atoms with E-state index in [4.69, 9.17) is 0 Å². The van der Waals surface area contributed by atoms with Crippen molar-refractivity contribution < 1.29 is 14.8 Å². The number of hydrogen-bond donors (Lipinski definition) is 2. The summed E-state index contributed by atoms with van der Waals surface area (Å²) in [7, 11) is 1.94. The largest absolute Gasteiger partial charge is 0.387 e. The van der Waals surface area contributed by atoms with Crippen molar-refractivity contribution in [1.29, 1.82) is 0 Å². The van der Waals surface area contributed by atoms with Crippen LogP contribution in [0, 0.1) is 10.1 Å². The Bertz CT molecular complexity index is 948. The number of rotatable bonds is 5. The van der Waals surface area contributed by atoms with E-state index in [0.29, 0.717) is 5.56 Å². The number of nitro benzene ring substituents is 1. The second-order valence-corrected chi connectivity index (χ2v) is 5.78. The monoisotopic (exact) mass is 339 g/mol. The third-order valence-electron chi connectivity index (χ3n) is 4.07. The van der Waals surface area contributed by atoms with Gasteiger partial charge >= 0.3 is 0 Å². The van der Waals surface area contributed by atoms with Gasteiger partial charge in [0, 0.05) is 43.0 Å². The van der Waals surface area contributed by atoms with E-state index in [9.17, 15) is 20.0 Å². The van der Waals surface area contributed by atoms with E-state index in [1.807, 2.05) is 42.1 Å². The summed E-state index contributed by atoms with van der Waals surface area (Å²) in [4.78, 5) is 22.3. The molecule has 0 radical (unpaired) electrons. The van der Waals surface area contributed by atoms with Crippen molar-refractivity contribution in [2.24, 2.45) is 7.05 Å². The van der Waals surface area contributed by atoms with Crippen LogP contribution in [0.3, 0.4) is 0 Å². The summed E-state index contributed by atoms with van der Waals surface area (Å²) in [6.07, 6.45) is 1.07. The van der Waals surface area contributed by atoms with Crippen LogP contribution in [0.5, 0.6) is 0 Å². The minimum atomic E-state index is -0.868. The Morgan fingerprint density at radius 2 is 2.08 bits per heavy atom. The molecule has 1 aromatic heterocycles. The summed E-state index contributed by atoms with van der Waals surface area (Å²) in [5, 5.41) is 24.7. The number of fused-ring (bicyclic) bond motifs is 1. The van der Waals surface area contributed by atoms with E-state index in [1.165, 1.54) is 24.3 Å². The lowest BCUT2D eigenvalue weighted by Gasteiger charge is -2.13. The Morgan fingerprint density at radius 1 is 1.28 bits per heavy atom. The fraction of sp³-hybridized carbons (Fsp3) is 0.167. The average molecular weight is 339 g/mol. The van der Waals surface area contributed by atoms with Crippen LogP contribution in [0.15, 0.2) is 54.7 Å². The minimum Gasteiger partial charge on any atom is -0.387 e. The molecule has 1 atom stereocenters. The molecular weight excluding hydrogens is 322 g/mol. The predicted octanol–water partition coefficient (Wildman–Crippen LogP) is 2.55. The highest BCUT2D eigenvalue weighted by Gasteiger charge is 2.14. The van der Waals surface area contributed by atoms with Crippen molar-refractivity contribution in [2.45, 2.75) is 6.10 Å². The van der Waals surface area contributed by atoms with Gasteiger partial charge in [-0.15, -0.1) is 0 Å². The van der Waals surface area contributed by atoms with Gasteiger partial charge in [0.15, 0.2) is 0 Å². The van der Waals surface area contributed by atoms with E-state index in [1.54, 1.807) is 0 Å². The molecule has 3 rings (SSSR count). The molecule has 0 aliphatic carbocycles. The average Bonchev–Trinajstić information content (AvgIpc) is 3.00. The SMILES string of the molecule is Cn1ccc2cc(C(O)CNC(=O)c3cccc([N+](=O)[O-])c3)ccc21. The highest BCUT2D eigenvalue weighted by Crippen LogP contribution is 2.21. The highest BCUT2D eigenvalue weighted by atomic mass is 16.6. The molecule has 0 fully saturated rings. The summed E-state index contributed by atoms with van der Waals surface area (Å²) in [6, 6.07) is 13.0. The number of amides is 1. The van der Waals surface area contributed by atoms with Crippen molar-refractivity contribution in [3.8, 4) is 0 Å². The van der Waals surface area contributed by atoms with Crippen molar-refractivity contribution in [3.05, 3.63) is 76.0 Å². The van der Waals surface area contributed by atoms with Crippen LogP contribution in [0.25, 0.3) is 10.9 Å². The number of carbonyl (C=O) groups excluding carboxylic acids is 1. The first-order valence-electron chi connectivity index (χ1n) is 7.71. The van der Waals surface area contributed by atoms with Gasteiger partial charge in [0.2, 0.25) is 0 Å². The third-order valence-corrected chi connectivity index (χ3v) is 4.07. The van der Waals surface area contributed by atoms with Crippen molar-refractivity contribution in [1.82, 2.24) is 9.88 Å². The Morgan fingerprint density at radius 3 is 2.84 bits per heavy atom. The molecule has 2 N–H and O–H groups in total. The molecule has 3 aromatic rings. The van der Waals surface area contributed by atoms with E-state index in [2.05, 4.69) is 5.32 Å². The van der Waals surface area contributed by atoms with Crippen molar-refractivity contribution in [3.63, 3.8) is 0 Å². The topological polar surface area (TPSA) is 97.4 Å². The Hall–Kier alpha value is -3.19. The van der Waals surface area contributed by atoms with Crippen LogP contribution < -0.4 is 5.32 Å². The number of nitrogens with one attached hydrogen (secondary N) is 1. The standard InChI is InChI=1S/C18H17N3O4/c1-20-8-7-12-9-13(5-6-16(12)20)17(22)11-19-18(23)14-3-2-4-15(10-14)21(24)25/h2-10,17,22H,11H2,1H3,(H,19,23). The summed E-state index contributed by atoms with van der Waals surface area (Å²) >= 11 is 0. The molecule has 1 amide bonds. The number of hydrogen-bond acceptors (Lipinski definition) is 4. The smallest absolute Gasteiger partial charge is 0.270 e. The van der Waals surface area contributed by atoms with Crippen molar-refractivity contribution >= 4 is 22.5 Å². The number of nitro groups is 1. The van der Waals surface area contributed by atoms with Gasteiger partial charge < -0.3 is 15.0 Å². The maximum Gasteiger partial charge on any atom is 0.270 e. The van der Waals surface area contributed by atoms with Gasteiger partial charge in [0.1, 0.15) is 0 Å². The van der Waals surface area contributed by atoms with Crippen LogP contribution in [-0.4, -0.2) is 27.0 Å². The molecule has 0 saturated heterocycles. The van der Waals surface area contributed by atoms with Gasteiger partial charge in [0.25, 0.3) is 11.6 Å². The van der Waals surface area contributed by atoms with Gasteiger partial charge in [-0.1, -0.05) is 12.1 Å². The molecule has 2 aromatic carbocycles. The number of aliphatic hydroxyl groups excluding tert-OH is 1. The molecular formula is C18H17N3O4. The zero-order chi connectivity index (χ0) is 18.0. The maximum atomic E-state index is 12.1. The number of aromatic nitrogens is 1. The third kappa shape index (κ3) is 3.51. The molecule has 0 aliphatic heterocycles. The zero-order valence-electron chi connectivity index (χ0n) is 13.5. The number of non-ortho nitro benzene ring substituents is 1. The number of aliphatic hydroxyl groups is 1. The van der Waals surface area contributed by atoms with Crippen LogP contribution in [0.2, 0.25) is 0 Å². The number of aryl methyl sites for hydroxylation is 1. The summed E-state index contributed by atoms with van der Waals surface area (Å²) in [5.41, 5.74) is 1.78. The lowest BCUT2D eigenvalue weighted by molar-refractivity contribution is -0.384.